The Balaban J connectivity index is 2.02. The van der Waals surface area contributed by atoms with Crippen molar-refractivity contribution in [3.8, 4) is 0 Å². The first kappa shape index (κ1) is 12.3. The molecule has 1 aromatic carbocycles. The Hall–Kier alpha value is -1.17. The summed E-state index contributed by atoms with van der Waals surface area (Å²) in [5, 5.41) is 0. The molecule has 1 heterocycles. The third-order valence-electron chi connectivity index (χ3n) is 2.83. The molecular formula is C12H16BNO3. The topological polar surface area (TPSA) is 38.8 Å². The molecule has 1 aliphatic heterocycles. The van der Waals surface area contributed by atoms with Crippen molar-refractivity contribution >= 4 is 18.9 Å². The Labute approximate surface area is 102 Å². The minimum absolute atomic E-state index is 0.315. The first-order valence-corrected chi connectivity index (χ1v) is 5.76. The van der Waals surface area contributed by atoms with Crippen molar-refractivity contribution in [3.05, 3.63) is 29.8 Å². The van der Waals surface area contributed by atoms with Crippen LogP contribution >= 0.6 is 0 Å². The monoisotopic (exact) mass is 233 g/mol. The van der Waals surface area contributed by atoms with E-state index < -0.39 is 0 Å². The van der Waals surface area contributed by atoms with Gasteiger partial charge in [-0.05, 0) is 12.5 Å². The van der Waals surface area contributed by atoms with Crippen LogP contribution in [0.1, 0.15) is 10.4 Å². The molecule has 4 nitrogen and oxygen atoms in total. The first-order valence-electron chi connectivity index (χ1n) is 5.76. The van der Waals surface area contributed by atoms with Crippen molar-refractivity contribution < 1.29 is 14.1 Å². The van der Waals surface area contributed by atoms with Crippen molar-refractivity contribution in [3.63, 3.8) is 0 Å². The maximum Gasteiger partial charge on any atom is 0.493 e. The second-order valence-corrected chi connectivity index (χ2v) is 4.16. The van der Waals surface area contributed by atoms with Crippen molar-refractivity contribution in [2.24, 2.45) is 0 Å². The summed E-state index contributed by atoms with van der Waals surface area (Å²) in [6.45, 7) is 3.12. The maximum absolute atomic E-state index is 10.6. The molecule has 0 radical (unpaired) electrons. The van der Waals surface area contributed by atoms with E-state index in [-0.39, 0.29) is 7.12 Å². The molecule has 0 unspecified atom stereocenters. The van der Waals surface area contributed by atoms with E-state index in [1.807, 2.05) is 19.2 Å². The lowest BCUT2D eigenvalue weighted by molar-refractivity contribution is 0.112. The van der Waals surface area contributed by atoms with Gasteiger partial charge in [-0.15, -0.1) is 0 Å². The SMILES string of the molecule is CN1CCOB(c2ccc(C=O)cc2)OCC1. The molecule has 17 heavy (non-hydrogen) atoms. The summed E-state index contributed by atoms with van der Waals surface area (Å²) in [6, 6.07) is 7.30. The molecule has 0 spiro atoms. The molecular weight excluding hydrogens is 217 g/mol. The van der Waals surface area contributed by atoms with Gasteiger partial charge in [0.25, 0.3) is 0 Å². The van der Waals surface area contributed by atoms with Crippen molar-refractivity contribution in [1.29, 1.82) is 0 Å². The van der Waals surface area contributed by atoms with Gasteiger partial charge in [0.2, 0.25) is 0 Å². The fraction of sp³-hybridized carbons (Fsp3) is 0.417. The summed E-state index contributed by atoms with van der Waals surface area (Å²) in [5.74, 6) is 0. The number of likely N-dealkylation sites (N-methyl/N-ethyl adjacent to an activating group) is 1. The second kappa shape index (κ2) is 5.96. The summed E-state index contributed by atoms with van der Waals surface area (Å²) >= 11 is 0. The third kappa shape index (κ3) is 3.39. The largest absolute Gasteiger partial charge is 0.493 e. The zero-order chi connectivity index (χ0) is 12.1. The summed E-state index contributed by atoms with van der Waals surface area (Å²) in [7, 11) is 1.73. The van der Waals surface area contributed by atoms with Crippen LogP contribution in [0.25, 0.3) is 0 Å². The zero-order valence-corrected chi connectivity index (χ0v) is 9.96. The molecule has 0 N–H and O–H groups in total. The van der Waals surface area contributed by atoms with Gasteiger partial charge in [0.05, 0.1) is 0 Å². The molecule has 1 saturated heterocycles. The molecule has 0 amide bonds. The smallest absolute Gasteiger partial charge is 0.406 e. The fourth-order valence-electron chi connectivity index (χ4n) is 1.72. The van der Waals surface area contributed by atoms with E-state index in [9.17, 15) is 4.79 Å². The number of carbonyl (C=O) groups excluding carboxylic acids is 1. The first-order chi connectivity index (χ1) is 8.29. The van der Waals surface area contributed by atoms with Crippen LogP contribution in [0.4, 0.5) is 0 Å². The highest BCUT2D eigenvalue weighted by Crippen LogP contribution is 2.00. The molecule has 0 saturated carbocycles. The minimum atomic E-state index is -0.315. The summed E-state index contributed by atoms with van der Waals surface area (Å²) < 4.78 is 11.3. The Morgan fingerprint density at radius 1 is 1.18 bits per heavy atom. The van der Waals surface area contributed by atoms with Gasteiger partial charge in [0.1, 0.15) is 6.29 Å². The van der Waals surface area contributed by atoms with Crippen molar-refractivity contribution in [2.45, 2.75) is 0 Å². The summed E-state index contributed by atoms with van der Waals surface area (Å²) in [6.07, 6.45) is 0.832. The van der Waals surface area contributed by atoms with E-state index in [1.165, 1.54) is 0 Å². The lowest BCUT2D eigenvalue weighted by atomic mass is 9.78. The highest BCUT2D eigenvalue weighted by atomic mass is 16.6. The second-order valence-electron chi connectivity index (χ2n) is 4.16. The number of aldehydes is 1. The van der Waals surface area contributed by atoms with Crippen LogP contribution in [-0.4, -0.2) is 51.7 Å². The predicted molar refractivity (Wildman–Crippen MR) is 66.6 cm³/mol. The van der Waals surface area contributed by atoms with E-state index in [1.54, 1.807) is 12.1 Å². The van der Waals surface area contributed by atoms with Crippen LogP contribution in [0.15, 0.2) is 24.3 Å². The molecule has 2 rings (SSSR count). The van der Waals surface area contributed by atoms with E-state index in [4.69, 9.17) is 9.31 Å². The van der Waals surface area contributed by atoms with Gasteiger partial charge >= 0.3 is 7.12 Å². The van der Waals surface area contributed by atoms with Crippen LogP contribution < -0.4 is 5.46 Å². The molecule has 0 bridgehead atoms. The van der Waals surface area contributed by atoms with Crippen LogP contribution in [0, 0.1) is 0 Å². The normalized spacial score (nSPS) is 18.5. The van der Waals surface area contributed by atoms with Gasteiger partial charge < -0.3 is 14.2 Å². The number of hydrogen-bond donors (Lipinski definition) is 0. The zero-order valence-electron chi connectivity index (χ0n) is 9.96. The molecule has 1 fully saturated rings. The maximum atomic E-state index is 10.6. The van der Waals surface area contributed by atoms with Gasteiger partial charge in [-0.3, -0.25) is 4.79 Å². The standard InChI is InChI=1S/C12H16BNO3/c1-14-6-8-16-13(17-9-7-14)12-4-2-11(10-15)3-5-12/h2-5,10H,6-9H2,1H3. The quantitative estimate of drug-likeness (QED) is 0.539. The van der Waals surface area contributed by atoms with E-state index in [2.05, 4.69) is 4.90 Å². The lowest BCUT2D eigenvalue weighted by Crippen LogP contribution is -2.43. The Kier molecular flexibility index (Phi) is 4.31. The Morgan fingerprint density at radius 2 is 1.76 bits per heavy atom. The van der Waals surface area contributed by atoms with Crippen molar-refractivity contribution in [2.75, 3.05) is 33.4 Å². The fourth-order valence-corrected chi connectivity index (χ4v) is 1.72. The molecule has 0 atom stereocenters. The molecule has 1 aliphatic rings. The average molecular weight is 233 g/mol. The van der Waals surface area contributed by atoms with Crippen LogP contribution in [0.5, 0.6) is 0 Å². The summed E-state index contributed by atoms with van der Waals surface area (Å²) in [5.41, 5.74) is 1.62. The van der Waals surface area contributed by atoms with Crippen molar-refractivity contribution in [1.82, 2.24) is 4.90 Å². The van der Waals surface area contributed by atoms with Gasteiger partial charge in [-0.25, -0.2) is 0 Å². The number of benzene rings is 1. The highest BCUT2D eigenvalue weighted by Gasteiger charge is 2.23. The molecule has 5 heteroatoms. The van der Waals surface area contributed by atoms with Gasteiger partial charge in [-0.1, -0.05) is 24.3 Å². The van der Waals surface area contributed by atoms with Crippen LogP contribution in [0.3, 0.4) is 0 Å². The Morgan fingerprint density at radius 3 is 2.29 bits per heavy atom. The van der Waals surface area contributed by atoms with Crippen LogP contribution in [0.2, 0.25) is 0 Å². The number of carbonyl (C=O) groups is 1. The molecule has 90 valence electrons. The molecule has 0 aliphatic carbocycles. The van der Waals surface area contributed by atoms with E-state index in [0.717, 1.165) is 24.8 Å². The molecule has 0 aromatic heterocycles. The van der Waals surface area contributed by atoms with E-state index in [0.29, 0.717) is 18.8 Å². The predicted octanol–water partition coefficient (Wildman–Crippen LogP) is 0.173. The average Bonchev–Trinajstić information content (AvgIpc) is 2.34. The summed E-state index contributed by atoms with van der Waals surface area (Å²) in [4.78, 5) is 12.7. The number of hydrogen-bond acceptors (Lipinski definition) is 4. The number of rotatable bonds is 2. The minimum Gasteiger partial charge on any atom is -0.406 e. The van der Waals surface area contributed by atoms with E-state index >= 15 is 0 Å². The van der Waals surface area contributed by atoms with Gasteiger partial charge in [0, 0.05) is 31.9 Å². The highest BCUT2D eigenvalue weighted by molar-refractivity contribution is 6.61. The molecule has 1 aromatic rings. The Bertz CT molecular complexity index is 359. The number of nitrogens with zero attached hydrogens (tertiary/aromatic N) is 1. The van der Waals surface area contributed by atoms with Gasteiger partial charge in [0.15, 0.2) is 0 Å². The van der Waals surface area contributed by atoms with Crippen LogP contribution in [-0.2, 0) is 9.31 Å². The van der Waals surface area contributed by atoms with Gasteiger partial charge in [-0.2, -0.15) is 0 Å². The third-order valence-corrected chi connectivity index (χ3v) is 2.83. The lowest BCUT2D eigenvalue weighted by Gasteiger charge is -2.23.